The van der Waals surface area contributed by atoms with Gasteiger partial charge in [-0.05, 0) is 18.2 Å². The number of halogens is 1. The summed E-state index contributed by atoms with van der Waals surface area (Å²) in [5.41, 5.74) is 3.04. The van der Waals surface area contributed by atoms with Gasteiger partial charge in [0.1, 0.15) is 5.82 Å². The van der Waals surface area contributed by atoms with Crippen molar-refractivity contribution in [2.24, 2.45) is 0 Å². The molecule has 19 heavy (non-hydrogen) atoms. The van der Waals surface area contributed by atoms with Crippen molar-refractivity contribution < 1.29 is 9.18 Å². The third kappa shape index (κ3) is 2.45. The summed E-state index contributed by atoms with van der Waals surface area (Å²) in [5.74, 6) is -0.276. The van der Waals surface area contributed by atoms with Crippen LogP contribution in [0.1, 0.15) is 5.69 Å². The largest absolute Gasteiger partial charge is 0.308 e. The summed E-state index contributed by atoms with van der Waals surface area (Å²) in [4.78, 5) is 15.8. The topological polar surface area (TPSA) is 70.7 Å². The zero-order valence-corrected chi connectivity index (χ0v) is 10.5. The predicted octanol–water partition coefficient (Wildman–Crippen LogP) is 2.34. The second-order valence-corrected chi connectivity index (χ2v) is 4.69. The molecule has 2 heterocycles. The van der Waals surface area contributed by atoms with Gasteiger partial charge in [0, 0.05) is 10.8 Å². The Bertz CT molecular complexity index is 722. The number of fused-ring (bicyclic) bond motifs is 1. The van der Waals surface area contributed by atoms with Crippen LogP contribution in [0.2, 0.25) is 0 Å². The van der Waals surface area contributed by atoms with Crippen LogP contribution in [0.3, 0.4) is 0 Å². The quantitative estimate of drug-likeness (QED) is 0.771. The minimum Gasteiger partial charge on any atom is -0.308 e. The summed E-state index contributed by atoms with van der Waals surface area (Å²) >= 11 is 1.43. The summed E-state index contributed by atoms with van der Waals surface area (Å²) in [6.45, 7) is 0. The lowest BCUT2D eigenvalue weighted by Crippen LogP contribution is -2.15. The Morgan fingerprint density at radius 3 is 3.16 bits per heavy atom. The lowest BCUT2D eigenvalue weighted by atomic mass is 10.2. The van der Waals surface area contributed by atoms with Crippen molar-refractivity contribution in [1.29, 1.82) is 0 Å². The maximum Gasteiger partial charge on any atom is 0.231 e. The molecule has 96 valence electrons. The van der Waals surface area contributed by atoms with Crippen molar-refractivity contribution in [3.8, 4) is 0 Å². The van der Waals surface area contributed by atoms with Crippen molar-refractivity contribution >= 4 is 34.0 Å². The highest BCUT2D eigenvalue weighted by Gasteiger charge is 2.11. The van der Waals surface area contributed by atoms with Gasteiger partial charge in [0.25, 0.3) is 0 Å². The molecule has 0 aliphatic rings. The molecule has 0 bridgehead atoms. The maximum absolute atomic E-state index is 13.2. The van der Waals surface area contributed by atoms with Crippen LogP contribution in [0, 0.1) is 5.82 Å². The number of H-pyrrole nitrogens is 1. The van der Waals surface area contributed by atoms with Gasteiger partial charge in [0.15, 0.2) is 5.82 Å². The molecule has 1 amide bonds. The fraction of sp³-hybridized carbons (Fsp3) is 0.0833. The average molecular weight is 276 g/mol. The smallest absolute Gasteiger partial charge is 0.231 e. The molecular weight excluding hydrogens is 267 g/mol. The first-order valence-electron chi connectivity index (χ1n) is 5.53. The predicted molar refractivity (Wildman–Crippen MR) is 70.5 cm³/mol. The Kier molecular flexibility index (Phi) is 2.96. The number of hydrogen-bond acceptors (Lipinski definition) is 4. The Morgan fingerprint density at radius 1 is 1.47 bits per heavy atom. The highest BCUT2D eigenvalue weighted by atomic mass is 32.1. The number of anilines is 1. The molecule has 2 N–H and O–H groups in total. The molecule has 0 spiro atoms. The van der Waals surface area contributed by atoms with Crippen LogP contribution >= 0.6 is 11.3 Å². The van der Waals surface area contributed by atoms with E-state index >= 15 is 0 Å². The molecule has 5 nitrogen and oxygen atoms in total. The van der Waals surface area contributed by atoms with Gasteiger partial charge in [-0.3, -0.25) is 9.89 Å². The van der Waals surface area contributed by atoms with Crippen LogP contribution in [-0.4, -0.2) is 21.1 Å². The molecule has 7 heteroatoms. The molecule has 0 atom stereocenters. The van der Waals surface area contributed by atoms with Gasteiger partial charge >= 0.3 is 0 Å². The van der Waals surface area contributed by atoms with E-state index < -0.39 is 0 Å². The normalized spacial score (nSPS) is 10.8. The molecule has 1 aromatic carbocycles. The van der Waals surface area contributed by atoms with Crippen molar-refractivity contribution in [2.75, 3.05) is 5.32 Å². The van der Waals surface area contributed by atoms with Crippen molar-refractivity contribution in [2.45, 2.75) is 6.42 Å². The van der Waals surface area contributed by atoms with Crippen LogP contribution in [-0.2, 0) is 11.2 Å². The fourth-order valence-electron chi connectivity index (χ4n) is 1.75. The third-order valence-corrected chi connectivity index (χ3v) is 3.24. The number of thiazole rings is 1. The third-order valence-electron chi connectivity index (χ3n) is 2.61. The summed E-state index contributed by atoms with van der Waals surface area (Å²) in [5, 5.41) is 11.7. The first-order chi connectivity index (χ1) is 9.22. The molecule has 3 aromatic rings. The Morgan fingerprint density at radius 2 is 2.37 bits per heavy atom. The van der Waals surface area contributed by atoms with Crippen LogP contribution in [0.4, 0.5) is 10.2 Å². The van der Waals surface area contributed by atoms with Crippen LogP contribution in [0.25, 0.3) is 10.9 Å². The van der Waals surface area contributed by atoms with Gasteiger partial charge in [-0.2, -0.15) is 5.10 Å². The van der Waals surface area contributed by atoms with Gasteiger partial charge in [-0.1, -0.05) is 0 Å². The second kappa shape index (κ2) is 4.77. The molecule has 0 aliphatic carbocycles. The summed E-state index contributed by atoms with van der Waals surface area (Å²) < 4.78 is 13.2. The number of benzene rings is 1. The number of carbonyl (C=O) groups is 1. The van der Waals surface area contributed by atoms with Gasteiger partial charge in [0.2, 0.25) is 5.91 Å². The summed E-state index contributed by atoms with van der Waals surface area (Å²) in [6, 6.07) is 4.24. The van der Waals surface area contributed by atoms with E-state index in [0.717, 1.165) is 0 Å². The lowest BCUT2D eigenvalue weighted by Gasteiger charge is -2.00. The van der Waals surface area contributed by atoms with E-state index in [1.807, 2.05) is 5.38 Å². The first kappa shape index (κ1) is 11.8. The number of nitrogens with zero attached hydrogens (tertiary/aromatic N) is 2. The average Bonchev–Trinajstić information content (AvgIpc) is 3.00. The zero-order chi connectivity index (χ0) is 13.2. The minimum atomic E-state index is -0.371. The maximum atomic E-state index is 13.2. The fourth-order valence-corrected chi connectivity index (χ4v) is 2.31. The van der Waals surface area contributed by atoms with Gasteiger partial charge in [-0.15, -0.1) is 11.3 Å². The van der Waals surface area contributed by atoms with Crippen LogP contribution in [0.15, 0.2) is 29.1 Å². The standard InChI is InChI=1S/C12H9FN4OS/c13-7-1-2-10-9(3-7)12(17-16-10)15-11(18)4-8-5-19-6-14-8/h1-3,5-6H,4H2,(H2,15,16,17,18). The number of rotatable bonds is 3. The van der Waals surface area contributed by atoms with Crippen LogP contribution in [0.5, 0.6) is 0 Å². The summed E-state index contributed by atoms with van der Waals surface area (Å²) in [6.07, 6.45) is 0.174. The van der Waals surface area contributed by atoms with Crippen molar-refractivity contribution in [3.05, 3.63) is 40.6 Å². The summed E-state index contributed by atoms with van der Waals surface area (Å²) in [7, 11) is 0. The molecule has 0 fully saturated rings. The van der Waals surface area contributed by atoms with E-state index in [1.165, 1.54) is 23.5 Å². The number of aromatic amines is 1. The monoisotopic (exact) mass is 276 g/mol. The molecule has 2 aromatic heterocycles. The lowest BCUT2D eigenvalue weighted by molar-refractivity contribution is -0.115. The molecule has 0 saturated carbocycles. The van der Waals surface area contributed by atoms with Gasteiger partial charge < -0.3 is 5.32 Å². The SMILES string of the molecule is O=C(Cc1cscn1)Nc1n[nH]c2ccc(F)cc12. The van der Waals surface area contributed by atoms with E-state index in [0.29, 0.717) is 22.4 Å². The number of hydrogen-bond donors (Lipinski definition) is 2. The van der Waals surface area contributed by atoms with Gasteiger partial charge in [-0.25, -0.2) is 9.37 Å². The molecule has 0 aliphatic heterocycles. The van der Waals surface area contributed by atoms with E-state index in [4.69, 9.17) is 0 Å². The van der Waals surface area contributed by atoms with Crippen molar-refractivity contribution in [1.82, 2.24) is 15.2 Å². The number of aromatic nitrogens is 3. The van der Waals surface area contributed by atoms with E-state index in [-0.39, 0.29) is 18.1 Å². The van der Waals surface area contributed by atoms with E-state index in [2.05, 4.69) is 20.5 Å². The molecular formula is C12H9FN4OS. The Balaban J connectivity index is 1.81. The molecule has 3 rings (SSSR count). The number of carbonyl (C=O) groups excluding carboxylic acids is 1. The van der Waals surface area contributed by atoms with Gasteiger partial charge in [0.05, 0.1) is 23.1 Å². The zero-order valence-electron chi connectivity index (χ0n) is 9.68. The highest BCUT2D eigenvalue weighted by Crippen LogP contribution is 2.21. The van der Waals surface area contributed by atoms with Crippen LogP contribution < -0.4 is 5.32 Å². The Hall–Kier alpha value is -2.28. The van der Waals surface area contributed by atoms with E-state index in [9.17, 15) is 9.18 Å². The first-order valence-corrected chi connectivity index (χ1v) is 6.47. The Labute approximate surface area is 111 Å². The molecule has 0 radical (unpaired) electrons. The number of amides is 1. The molecule has 0 unspecified atom stereocenters. The minimum absolute atomic E-state index is 0.174. The number of nitrogens with one attached hydrogen (secondary N) is 2. The van der Waals surface area contributed by atoms with E-state index in [1.54, 1.807) is 11.6 Å². The highest BCUT2D eigenvalue weighted by molar-refractivity contribution is 7.07. The van der Waals surface area contributed by atoms with Crippen molar-refractivity contribution in [3.63, 3.8) is 0 Å². The molecule has 0 saturated heterocycles. The second-order valence-electron chi connectivity index (χ2n) is 3.97.